The van der Waals surface area contributed by atoms with Crippen molar-refractivity contribution in [3.05, 3.63) is 0 Å². The van der Waals surface area contributed by atoms with E-state index in [9.17, 15) is 0 Å². The second kappa shape index (κ2) is 25.8. The Labute approximate surface area is 238 Å². The molecule has 8 heteroatoms. The summed E-state index contributed by atoms with van der Waals surface area (Å²) in [5.74, 6) is 1.16. The van der Waals surface area contributed by atoms with Crippen LogP contribution in [0.5, 0.6) is 0 Å². The van der Waals surface area contributed by atoms with Crippen LogP contribution in [0.3, 0.4) is 0 Å². The maximum atomic E-state index is 5.66. The molecule has 0 saturated heterocycles. The summed E-state index contributed by atoms with van der Waals surface area (Å²) in [6, 6.07) is 0. The third-order valence-electron chi connectivity index (χ3n) is 5.18. The first-order valence-corrected chi connectivity index (χ1v) is 18.7. The topological polar surface area (TPSA) is 18.5 Å². The summed E-state index contributed by atoms with van der Waals surface area (Å²) in [5, 5.41) is 0.699. The summed E-state index contributed by atoms with van der Waals surface area (Å²) >= 11 is 10.6. The van der Waals surface area contributed by atoms with Crippen molar-refractivity contribution in [1.82, 2.24) is 0 Å². The Balaban J connectivity index is 3.85. The highest BCUT2D eigenvalue weighted by Crippen LogP contribution is 2.35. The largest absolute Gasteiger partial charge is 0.475 e. The molecule has 0 N–H and O–H groups in total. The molecule has 0 aliphatic rings. The van der Waals surface area contributed by atoms with E-state index < -0.39 is 0 Å². The average molecular weight is 587 g/mol. The van der Waals surface area contributed by atoms with Gasteiger partial charge in [-0.2, -0.15) is 0 Å². The predicted octanol–water partition coefficient (Wildman–Crippen LogP) is 11.4. The Morgan fingerprint density at radius 3 is 1.56 bits per heavy atom. The van der Waals surface area contributed by atoms with Gasteiger partial charge in [0.25, 0.3) is 0 Å². The van der Waals surface area contributed by atoms with Crippen LogP contribution in [0.1, 0.15) is 131 Å². The van der Waals surface area contributed by atoms with Crippen molar-refractivity contribution >= 4 is 76.4 Å². The first kappa shape index (κ1) is 35.2. The van der Waals surface area contributed by atoms with E-state index in [1.807, 2.05) is 49.3 Å². The molecule has 0 fully saturated rings. The van der Waals surface area contributed by atoms with Crippen molar-refractivity contribution in [1.29, 1.82) is 0 Å². The molecule has 0 aliphatic carbocycles. The van der Waals surface area contributed by atoms with E-state index >= 15 is 0 Å². The van der Waals surface area contributed by atoms with Gasteiger partial charge in [-0.3, -0.25) is 0 Å². The number of thiocarbonyl (C=S) groups is 2. The monoisotopic (exact) mass is 586 g/mol. The first-order chi connectivity index (χ1) is 16.3. The molecule has 0 saturated carbocycles. The Bertz CT molecular complexity index is 488. The number of rotatable bonds is 22. The lowest BCUT2D eigenvalue weighted by Gasteiger charge is -2.17. The number of hydrogen-bond donors (Lipinski definition) is 0. The first-order valence-electron chi connectivity index (χ1n) is 13.4. The summed E-state index contributed by atoms with van der Waals surface area (Å²) in [6.07, 6.45) is 20.6. The zero-order valence-electron chi connectivity index (χ0n) is 22.3. The van der Waals surface area contributed by atoms with Crippen LogP contribution in [-0.2, 0) is 9.47 Å². The van der Waals surface area contributed by atoms with Gasteiger partial charge in [-0.1, -0.05) is 106 Å². The molecule has 34 heavy (non-hydrogen) atoms. The van der Waals surface area contributed by atoms with E-state index in [1.54, 1.807) is 21.6 Å². The van der Waals surface area contributed by atoms with E-state index in [4.69, 9.17) is 33.9 Å². The molecular weight excluding hydrogens is 537 g/mol. The second-order valence-electron chi connectivity index (χ2n) is 9.36. The third kappa shape index (κ3) is 26.2. The van der Waals surface area contributed by atoms with Crippen molar-refractivity contribution < 1.29 is 9.47 Å². The summed E-state index contributed by atoms with van der Waals surface area (Å²) in [6.45, 7) is 10.4. The van der Waals surface area contributed by atoms with Crippen LogP contribution < -0.4 is 0 Å². The molecule has 0 spiro atoms. The molecule has 1 unspecified atom stereocenters. The Kier molecular flexibility index (Phi) is 26.7. The fourth-order valence-electron chi connectivity index (χ4n) is 3.43. The summed E-state index contributed by atoms with van der Waals surface area (Å²) in [5.41, 5.74) is 0. The van der Waals surface area contributed by atoms with Crippen LogP contribution in [0.25, 0.3) is 0 Å². The van der Waals surface area contributed by atoms with Crippen LogP contribution in [0, 0.1) is 0 Å². The molecule has 0 aromatic heterocycles. The Morgan fingerprint density at radius 1 is 0.618 bits per heavy atom. The molecular formula is C26H50O2S6. The van der Waals surface area contributed by atoms with Crippen molar-refractivity contribution in [2.24, 2.45) is 0 Å². The summed E-state index contributed by atoms with van der Waals surface area (Å²) in [4.78, 5) is 0. The van der Waals surface area contributed by atoms with Gasteiger partial charge in [0.15, 0.2) is 0 Å². The lowest BCUT2D eigenvalue weighted by atomic mass is 10.0. The van der Waals surface area contributed by atoms with Gasteiger partial charge in [0.05, 0.1) is 12.2 Å². The molecule has 0 rings (SSSR count). The van der Waals surface area contributed by atoms with Crippen molar-refractivity contribution in [2.45, 2.75) is 148 Å². The van der Waals surface area contributed by atoms with E-state index in [0.717, 1.165) is 5.75 Å². The van der Waals surface area contributed by atoms with Crippen LogP contribution in [0.15, 0.2) is 0 Å². The smallest absolute Gasteiger partial charge is 0.231 e. The van der Waals surface area contributed by atoms with Crippen molar-refractivity contribution in [2.75, 3.05) is 5.75 Å². The molecule has 2 nitrogen and oxygen atoms in total. The molecule has 0 aliphatic heterocycles. The average Bonchev–Trinajstić information content (AvgIpc) is 2.76. The Morgan fingerprint density at radius 2 is 1.06 bits per heavy atom. The zero-order chi connectivity index (χ0) is 25.4. The molecule has 0 aromatic rings. The molecule has 0 radical (unpaired) electrons. The highest BCUT2D eigenvalue weighted by Gasteiger charge is 2.13. The quantitative estimate of drug-likeness (QED) is 0.0699. The van der Waals surface area contributed by atoms with Gasteiger partial charge < -0.3 is 9.47 Å². The predicted molar refractivity (Wildman–Crippen MR) is 172 cm³/mol. The highest BCUT2D eigenvalue weighted by atomic mass is 33.1. The maximum Gasteiger partial charge on any atom is 0.231 e. The molecule has 1 atom stereocenters. The molecule has 0 heterocycles. The minimum absolute atomic E-state index is 0.173. The SMILES string of the molecule is CCCCCCCCC(CCCCCCCCCSSC(=S)OC(C)C)SSC(=S)OC(C)C. The molecule has 0 bridgehead atoms. The lowest BCUT2D eigenvalue weighted by Crippen LogP contribution is -2.07. The number of hydrogen-bond acceptors (Lipinski definition) is 8. The van der Waals surface area contributed by atoms with Gasteiger partial charge in [0, 0.05) is 11.0 Å². The van der Waals surface area contributed by atoms with Gasteiger partial charge in [-0.25, -0.2) is 0 Å². The summed E-state index contributed by atoms with van der Waals surface area (Å²) in [7, 11) is 7.06. The second-order valence-corrected chi connectivity index (χ2v) is 15.5. The maximum absolute atomic E-state index is 5.66. The minimum Gasteiger partial charge on any atom is -0.475 e. The van der Waals surface area contributed by atoms with Gasteiger partial charge in [-0.05, 0) is 93.0 Å². The summed E-state index contributed by atoms with van der Waals surface area (Å²) < 4.78 is 12.5. The van der Waals surface area contributed by atoms with Gasteiger partial charge >= 0.3 is 0 Å². The Hall–Kier alpha value is 1.18. The standard InChI is InChI=1S/C26H50O2S6/c1-6-7-8-9-13-16-19-24(32-34-26(30)28-23(4)5)20-17-14-11-10-12-15-18-21-31-33-25(29)27-22(2)3/h22-24H,6-21H2,1-5H3. The van der Waals surface area contributed by atoms with Gasteiger partial charge in [-0.15, -0.1) is 0 Å². The van der Waals surface area contributed by atoms with Crippen LogP contribution in [0.4, 0.5) is 0 Å². The normalized spacial score (nSPS) is 12.3. The molecule has 202 valence electrons. The van der Waals surface area contributed by atoms with Gasteiger partial charge in [0.2, 0.25) is 8.77 Å². The van der Waals surface area contributed by atoms with Crippen LogP contribution in [0.2, 0.25) is 0 Å². The molecule has 0 aromatic carbocycles. The lowest BCUT2D eigenvalue weighted by molar-refractivity contribution is 0.243. The van der Waals surface area contributed by atoms with Crippen LogP contribution >= 0.6 is 67.6 Å². The van der Waals surface area contributed by atoms with Crippen molar-refractivity contribution in [3.8, 4) is 0 Å². The van der Waals surface area contributed by atoms with E-state index in [1.165, 1.54) is 96.3 Å². The fourth-order valence-corrected chi connectivity index (χ4v) is 8.66. The minimum atomic E-state index is 0.173. The van der Waals surface area contributed by atoms with E-state index in [0.29, 0.717) is 14.0 Å². The van der Waals surface area contributed by atoms with E-state index in [-0.39, 0.29) is 12.2 Å². The number of ether oxygens (including phenoxy) is 2. The molecule has 0 amide bonds. The zero-order valence-corrected chi connectivity index (χ0v) is 27.2. The number of unbranched alkanes of at least 4 members (excludes halogenated alkanes) is 11. The van der Waals surface area contributed by atoms with E-state index in [2.05, 4.69) is 6.92 Å². The third-order valence-corrected chi connectivity index (χ3v) is 11.2. The van der Waals surface area contributed by atoms with Gasteiger partial charge in [0.1, 0.15) is 0 Å². The van der Waals surface area contributed by atoms with Crippen molar-refractivity contribution in [3.63, 3.8) is 0 Å². The van der Waals surface area contributed by atoms with Crippen LogP contribution in [-0.4, -0.2) is 32.0 Å². The fraction of sp³-hybridized carbons (Fsp3) is 0.923. The highest BCUT2D eigenvalue weighted by molar-refractivity contribution is 8.84.